The van der Waals surface area contributed by atoms with Crippen molar-refractivity contribution < 1.29 is 9.84 Å². The summed E-state index contributed by atoms with van der Waals surface area (Å²) >= 11 is 3.40. The Morgan fingerprint density at radius 1 is 1.53 bits per heavy atom. The first kappa shape index (κ1) is 12.3. The molecule has 1 atom stereocenters. The number of rotatable bonds is 4. The van der Waals surface area contributed by atoms with E-state index in [9.17, 15) is 5.11 Å². The van der Waals surface area contributed by atoms with Crippen LogP contribution in [0.2, 0.25) is 0 Å². The molecule has 0 amide bonds. The number of aromatic hydroxyl groups is 1. The summed E-state index contributed by atoms with van der Waals surface area (Å²) in [5, 5.41) is 9.51. The monoisotopic (exact) mass is 273 g/mol. The highest BCUT2D eigenvalue weighted by molar-refractivity contribution is 9.10. The Morgan fingerprint density at radius 3 is 2.73 bits per heavy atom. The molecule has 0 saturated heterocycles. The Balaban J connectivity index is 2.87. The SMILES string of the molecule is COc1cc(CC[C@@H](C)N)c(Br)cc1O. The van der Waals surface area contributed by atoms with Crippen molar-refractivity contribution in [1.82, 2.24) is 0 Å². The van der Waals surface area contributed by atoms with Crippen molar-refractivity contribution in [1.29, 1.82) is 0 Å². The zero-order chi connectivity index (χ0) is 11.4. The van der Waals surface area contributed by atoms with Crippen molar-refractivity contribution in [2.75, 3.05) is 7.11 Å². The van der Waals surface area contributed by atoms with Gasteiger partial charge in [-0.25, -0.2) is 0 Å². The minimum atomic E-state index is 0.147. The minimum absolute atomic E-state index is 0.147. The number of benzene rings is 1. The lowest BCUT2D eigenvalue weighted by Crippen LogP contribution is -2.15. The predicted octanol–water partition coefficient (Wildman–Crippen LogP) is 2.44. The van der Waals surface area contributed by atoms with Crippen LogP contribution in [0.4, 0.5) is 0 Å². The van der Waals surface area contributed by atoms with Gasteiger partial charge in [0.05, 0.1) is 7.11 Å². The highest BCUT2D eigenvalue weighted by Gasteiger charge is 2.08. The number of hydrogen-bond donors (Lipinski definition) is 2. The molecule has 0 aliphatic carbocycles. The zero-order valence-electron chi connectivity index (χ0n) is 8.96. The van der Waals surface area contributed by atoms with Crippen LogP contribution in [0.3, 0.4) is 0 Å². The van der Waals surface area contributed by atoms with E-state index >= 15 is 0 Å². The molecule has 4 heteroatoms. The number of hydrogen-bond acceptors (Lipinski definition) is 3. The molecule has 0 unspecified atom stereocenters. The molecule has 0 aromatic heterocycles. The Hall–Kier alpha value is -0.740. The van der Waals surface area contributed by atoms with Gasteiger partial charge in [-0.3, -0.25) is 0 Å². The highest BCUT2D eigenvalue weighted by Crippen LogP contribution is 2.32. The van der Waals surface area contributed by atoms with Crippen molar-refractivity contribution in [2.24, 2.45) is 5.73 Å². The van der Waals surface area contributed by atoms with Crippen LogP contribution in [0.15, 0.2) is 16.6 Å². The summed E-state index contributed by atoms with van der Waals surface area (Å²) in [6.45, 7) is 1.98. The molecular formula is C11H16BrNO2. The second-order valence-electron chi connectivity index (χ2n) is 3.63. The lowest BCUT2D eigenvalue weighted by atomic mass is 10.1. The van der Waals surface area contributed by atoms with E-state index in [4.69, 9.17) is 10.5 Å². The number of aryl methyl sites for hydroxylation is 1. The van der Waals surface area contributed by atoms with Gasteiger partial charge >= 0.3 is 0 Å². The van der Waals surface area contributed by atoms with Gasteiger partial charge in [0.1, 0.15) is 0 Å². The maximum absolute atomic E-state index is 9.51. The van der Waals surface area contributed by atoms with Crippen LogP contribution in [-0.2, 0) is 6.42 Å². The Kier molecular flexibility index (Phi) is 4.42. The molecule has 1 aromatic rings. The maximum Gasteiger partial charge on any atom is 0.160 e. The largest absolute Gasteiger partial charge is 0.504 e. The number of phenolic OH excluding ortho intramolecular Hbond substituents is 1. The van der Waals surface area contributed by atoms with Crippen LogP contribution in [0.25, 0.3) is 0 Å². The predicted molar refractivity (Wildman–Crippen MR) is 64.3 cm³/mol. The molecule has 0 radical (unpaired) electrons. The fraction of sp³-hybridized carbons (Fsp3) is 0.455. The van der Waals surface area contributed by atoms with Gasteiger partial charge in [0, 0.05) is 10.5 Å². The van der Waals surface area contributed by atoms with E-state index in [1.54, 1.807) is 6.07 Å². The highest BCUT2D eigenvalue weighted by atomic mass is 79.9. The third-order valence-corrected chi connectivity index (χ3v) is 2.96. The van der Waals surface area contributed by atoms with Gasteiger partial charge in [-0.2, -0.15) is 0 Å². The van der Waals surface area contributed by atoms with Gasteiger partial charge in [-0.1, -0.05) is 15.9 Å². The molecule has 0 heterocycles. The Morgan fingerprint density at radius 2 is 2.20 bits per heavy atom. The third kappa shape index (κ3) is 3.39. The van der Waals surface area contributed by atoms with E-state index in [-0.39, 0.29) is 11.8 Å². The molecule has 84 valence electrons. The molecule has 0 bridgehead atoms. The molecule has 0 fully saturated rings. The standard InChI is InChI=1S/C11H16BrNO2/c1-7(13)3-4-8-5-11(15-2)10(14)6-9(8)12/h5-7,14H,3-4,13H2,1-2H3/t7-/m1/s1. The number of nitrogens with two attached hydrogens (primary N) is 1. The van der Waals surface area contributed by atoms with E-state index < -0.39 is 0 Å². The van der Waals surface area contributed by atoms with Crippen molar-refractivity contribution in [2.45, 2.75) is 25.8 Å². The average molecular weight is 274 g/mol. The molecule has 0 aliphatic heterocycles. The number of methoxy groups -OCH3 is 1. The second kappa shape index (κ2) is 5.37. The molecule has 1 aromatic carbocycles. The molecular weight excluding hydrogens is 258 g/mol. The number of phenols is 1. The van der Waals surface area contributed by atoms with Gasteiger partial charge in [0.25, 0.3) is 0 Å². The Labute approximate surface area is 98.4 Å². The first-order valence-electron chi connectivity index (χ1n) is 4.85. The van der Waals surface area contributed by atoms with E-state index in [2.05, 4.69) is 15.9 Å². The first-order chi connectivity index (χ1) is 7.04. The maximum atomic E-state index is 9.51. The van der Waals surface area contributed by atoms with Crippen LogP contribution in [0.5, 0.6) is 11.5 Å². The minimum Gasteiger partial charge on any atom is -0.504 e. The van der Waals surface area contributed by atoms with E-state index in [1.807, 2.05) is 13.0 Å². The van der Waals surface area contributed by atoms with E-state index in [0.29, 0.717) is 5.75 Å². The summed E-state index contributed by atoms with van der Waals surface area (Å²) in [5.74, 6) is 0.645. The van der Waals surface area contributed by atoms with Crippen LogP contribution >= 0.6 is 15.9 Å². The van der Waals surface area contributed by atoms with Crippen molar-refractivity contribution in [3.05, 3.63) is 22.2 Å². The van der Waals surface area contributed by atoms with Gasteiger partial charge in [-0.05, 0) is 37.5 Å². The van der Waals surface area contributed by atoms with Crippen molar-refractivity contribution in [3.8, 4) is 11.5 Å². The number of ether oxygens (including phenoxy) is 1. The smallest absolute Gasteiger partial charge is 0.160 e. The lowest BCUT2D eigenvalue weighted by Gasteiger charge is -2.10. The summed E-state index contributed by atoms with van der Waals surface area (Å²) in [6, 6.07) is 3.66. The lowest BCUT2D eigenvalue weighted by molar-refractivity contribution is 0.372. The molecule has 15 heavy (non-hydrogen) atoms. The van der Waals surface area contributed by atoms with E-state index in [0.717, 1.165) is 22.9 Å². The summed E-state index contributed by atoms with van der Waals surface area (Å²) in [7, 11) is 1.54. The van der Waals surface area contributed by atoms with Gasteiger partial charge in [0.15, 0.2) is 11.5 Å². The fourth-order valence-electron chi connectivity index (χ4n) is 1.32. The molecule has 0 spiro atoms. The molecule has 0 saturated carbocycles. The van der Waals surface area contributed by atoms with Crippen LogP contribution in [0.1, 0.15) is 18.9 Å². The van der Waals surface area contributed by atoms with Crippen molar-refractivity contribution >= 4 is 15.9 Å². The van der Waals surface area contributed by atoms with E-state index in [1.165, 1.54) is 7.11 Å². The normalized spacial score (nSPS) is 12.5. The molecule has 3 N–H and O–H groups in total. The summed E-state index contributed by atoms with van der Waals surface area (Å²) in [6.07, 6.45) is 1.78. The summed E-state index contributed by atoms with van der Waals surface area (Å²) in [5.41, 5.74) is 6.79. The van der Waals surface area contributed by atoms with Crippen LogP contribution in [-0.4, -0.2) is 18.3 Å². The quantitative estimate of drug-likeness (QED) is 0.886. The summed E-state index contributed by atoms with van der Waals surface area (Å²) < 4.78 is 5.94. The molecule has 0 aliphatic rings. The topological polar surface area (TPSA) is 55.5 Å². The summed E-state index contributed by atoms with van der Waals surface area (Å²) in [4.78, 5) is 0. The molecule has 1 rings (SSSR count). The third-order valence-electron chi connectivity index (χ3n) is 2.22. The first-order valence-corrected chi connectivity index (χ1v) is 5.65. The van der Waals surface area contributed by atoms with Crippen LogP contribution in [0, 0.1) is 0 Å². The number of halogens is 1. The Bertz CT molecular complexity index is 340. The second-order valence-corrected chi connectivity index (χ2v) is 4.49. The van der Waals surface area contributed by atoms with Gasteiger partial charge in [-0.15, -0.1) is 0 Å². The van der Waals surface area contributed by atoms with Gasteiger partial charge < -0.3 is 15.6 Å². The molecule has 3 nitrogen and oxygen atoms in total. The van der Waals surface area contributed by atoms with Gasteiger partial charge in [0.2, 0.25) is 0 Å². The van der Waals surface area contributed by atoms with Crippen molar-refractivity contribution in [3.63, 3.8) is 0 Å². The average Bonchev–Trinajstić information content (AvgIpc) is 2.16. The van der Waals surface area contributed by atoms with Crippen LogP contribution < -0.4 is 10.5 Å². The fourth-order valence-corrected chi connectivity index (χ4v) is 1.85. The zero-order valence-corrected chi connectivity index (χ0v) is 10.5.